The lowest BCUT2D eigenvalue weighted by Gasteiger charge is -2.42. The van der Waals surface area contributed by atoms with E-state index >= 15 is 0 Å². The van der Waals surface area contributed by atoms with E-state index in [-0.39, 0.29) is 17.8 Å². The number of carbonyl (C=O) groups is 1. The van der Waals surface area contributed by atoms with Gasteiger partial charge in [0.05, 0.1) is 11.3 Å². The van der Waals surface area contributed by atoms with Crippen LogP contribution in [0.2, 0.25) is 0 Å². The molecular weight excluding hydrogens is 252 g/mol. The highest BCUT2D eigenvalue weighted by Crippen LogP contribution is 2.37. The van der Waals surface area contributed by atoms with Gasteiger partial charge in [0, 0.05) is 14.1 Å². The summed E-state index contributed by atoms with van der Waals surface area (Å²) in [5.74, 6) is 0.197. The number of phenols is 1. The van der Waals surface area contributed by atoms with Crippen molar-refractivity contribution in [3.63, 3.8) is 0 Å². The molecular formula is C16H16N2O2. The second kappa shape index (κ2) is 4.56. The Hall–Kier alpha value is -2.49. The molecule has 20 heavy (non-hydrogen) atoms. The molecule has 0 unspecified atom stereocenters. The van der Waals surface area contributed by atoms with Crippen LogP contribution in [-0.4, -0.2) is 30.0 Å². The maximum Gasteiger partial charge on any atom is 0.257 e. The van der Waals surface area contributed by atoms with Crippen molar-refractivity contribution < 1.29 is 9.90 Å². The van der Waals surface area contributed by atoms with Crippen molar-refractivity contribution in [2.24, 2.45) is 0 Å². The molecule has 2 aromatic carbocycles. The molecule has 0 fully saturated rings. The number of aromatic hydroxyl groups is 1. The average molecular weight is 268 g/mol. The number of para-hydroxylation sites is 1. The SMILES string of the molecule is CN1C(=O)c2ccccc2N(C)[C@H]1c1cccc(O)c1. The standard InChI is InChI=1S/C16H16N2O2/c1-17-14-9-4-3-8-13(14)16(20)18(2)15(17)11-6-5-7-12(19)10-11/h3-10,15,19H,1-2H3/t15-/m1/s1. The molecule has 4 heteroatoms. The van der Waals surface area contributed by atoms with Gasteiger partial charge in [-0.05, 0) is 29.8 Å². The smallest absolute Gasteiger partial charge is 0.257 e. The van der Waals surface area contributed by atoms with Gasteiger partial charge in [0.1, 0.15) is 11.9 Å². The van der Waals surface area contributed by atoms with E-state index in [9.17, 15) is 9.90 Å². The summed E-state index contributed by atoms with van der Waals surface area (Å²) in [5, 5.41) is 9.66. The van der Waals surface area contributed by atoms with Crippen molar-refractivity contribution in [2.45, 2.75) is 6.17 Å². The summed E-state index contributed by atoms with van der Waals surface area (Å²) in [6.45, 7) is 0. The molecule has 2 aromatic rings. The van der Waals surface area contributed by atoms with Crippen LogP contribution in [0, 0.1) is 0 Å². The molecule has 1 aliphatic heterocycles. The summed E-state index contributed by atoms with van der Waals surface area (Å²) >= 11 is 0. The van der Waals surface area contributed by atoms with Gasteiger partial charge in [-0.2, -0.15) is 0 Å². The quantitative estimate of drug-likeness (QED) is 0.864. The van der Waals surface area contributed by atoms with Gasteiger partial charge in [-0.3, -0.25) is 4.79 Å². The van der Waals surface area contributed by atoms with Gasteiger partial charge in [-0.25, -0.2) is 0 Å². The summed E-state index contributed by atoms with van der Waals surface area (Å²) in [4.78, 5) is 16.2. The second-order valence-electron chi connectivity index (χ2n) is 5.01. The van der Waals surface area contributed by atoms with Crippen molar-refractivity contribution >= 4 is 11.6 Å². The fourth-order valence-electron chi connectivity index (χ4n) is 2.79. The molecule has 1 amide bonds. The number of hydrogen-bond acceptors (Lipinski definition) is 3. The molecule has 1 heterocycles. The minimum absolute atomic E-state index is 0.00737. The third-order valence-electron chi connectivity index (χ3n) is 3.74. The molecule has 3 rings (SSSR count). The number of nitrogens with zero attached hydrogens (tertiary/aromatic N) is 2. The van der Waals surface area contributed by atoms with Crippen LogP contribution in [0.15, 0.2) is 48.5 Å². The fraction of sp³-hybridized carbons (Fsp3) is 0.188. The number of amides is 1. The number of rotatable bonds is 1. The zero-order valence-corrected chi connectivity index (χ0v) is 11.4. The second-order valence-corrected chi connectivity index (χ2v) is 5.01. The molecule has 1 N–H and O–H groups in total. The van der Waals surface area contributed by atoms with E-state index in [2.05, 4.69) is 0 Å². The highest BCUT2D eigenvalue weighted by Gasteiger charge is 2.34. The van der Waals surface area contributed by atoms with Gasteiger partial charge < -0.3 is 14.9 Å². The molecule has 1 atom stereocenters. The maximum absolute atomic E-state index is 12.5. The van der Waals surface area contributed by atoms with Crippen LogP contribution in [0.25, 0.3) is 0 Å². The Bertz CT molecular complexity index is 669. The molecule has 0 aromatic heterocycles. The Morgan fingerprint density at radius 1 is 1.00 bits per heavy atom. The Morgan fingerprint density at radius 3 is 2.50 bits per heavy atom. The predicted octanol–water partition coefficient (Wildman–Crippen LogP) is 2.61. The van der Waals surface area contributed by atoms with E-state index in [1.165, 1.54) is 0 Å². The zero-order chi connectivity index (χ0) is 14.3. The minimum atomic E-state index is -0.218. The van der Waals surface area contributed by atoms with Crippen LogP contribution >= 0.6 is 0 Å². The molecule has 0 aliphatic carbocycles. The van der Waals surface area contributed by atoms with E-state index in [0.29, 0.717) is 5.56 Å². The zero-order valence-electron chi connectivity index (χ0n) is 11.4. The highest BCUT2D eigenvalue weighted by atomic mass is 16.3. The van der Waals surface area contributed by atoms with Gasteiger partial charge in [0.2, 0.25) is 0 Å². The number of hydrogen-bond donors (Lipinski definition) is 1. The topological polar surface area (TPSA) is 43.8 Å². The number of carbonyl (C=O) groups excluding carboxylic acids is 1. The lowest BCUT2D eigenvalue weighted by atomic mass is 10.0. The van der Waals surface area contributed by atoms with Gasteiger partial charge in [-0.1, -0.05) is 24.3 Å². The first kappa shape index (κ1) is 12.5. The van der Waals surface area contributed by atoms with Crippen LogP contribution < -0.4 is 4.90 Å². The van der Waals surface area contributed by atoms with Crippen LogP contribution in [0.3, 0.4) is 0 Å². The summed E-state index contributed by atoms with van der Waals surface area (Å²) in [6.07, 6.45) is -0.218. The third kappa shape index (κ3) is 1.81. The van der Waals surface area contributed by atoms with Gasteiger partial charge in [0.15, 0.2) is 0 Å². The number of anilines is 1. The Morgan fingerprint density at radius 2 is 1.75 bits per heavy atom. The maximum atomic E-state index is 12.5. The number of benzene rings is 2. The molecule has 1 aliphatic rings. The predicted molar refractivity (Wildman–Crippen MR) is 77.8 cm³/mol. The monoisotopic (exact) mass is 268 g/mol. The van der Waals surface area contributed by atoms with Crippen molar-refractivity contribution in [1.82, 2.24) is 4.90 Å². The van der Waals surface area contributed by atoms with Crippen molar-refractivity contribution in [2.75, 3.05) is 19.0 Å². The largest absolute Gasteiger partial charge is 0.508 e. The Labute approximate surface area is 117 Å². The summed E-state index contributed by atoms with van der Waals surface area (Å²) in [6, 6.07) is 14.6. The van der Waals surface area contributed by atoms with E-state index in [4.69, 9.17) is 0 Å². The van der Waals surface area contributed by atoms with Crippen LogP contribution in [0.1, 0.15) is 22.1 Å². The van der Waals surface area contributed by atoms with Crippen LogP contribution in [0.5, 0.6) is 5.75 Å². The normalized spacial score (nSPS) is 18.1. The Balaban J connectivity index is 2.12. The first-order valence-electron chi connectivity index (χ1n) is 6.47. The van der Waals surface area contributed by atoms with Gasteiger partial charge in [0.25, 0.3) is 5.91 Å². The highest BCUT2D eigenvalue weighted by molar-refractivity contribution is 6.01. The lowest BCUT2D eigenvalue weighted by Crippen LogP contribution is -2.45. The summed E-state index contributed by atoms with van der Waals surface area (Å²) < 4.78 is 0. The first-order chi connectivity index (χ1) is 9.59. The fourth-order valence-corrected chi connectivity index (χ4v) is 2.79. The molecule has 4 nitrogen and oxygen atoms in total. The average Bonchev–Trinajstić information content (AvgIpc) is 2.45. The summed E-state index contributed by atoms with van der Waals surface area (Å²) in [7, 11) is 3.74. The molecule has 0 radical (unpaired) electrons. The van der Waals surface area contributed by atoms with Crippen LogP contribution in [-0.2, 0) is 0 Å². The van der Waals surface area contributed by atoms with Crippen LogP contribution in [0.4, 0.5) is 5.69 Å². The first-order valence-corrected chi connectivity index (χ1v) is 6.47. The van der Waals surface area contributed by atoms with Crippen molar-refractivity contribution in [1.29, 1.82) is 0 Å². The van der Waals surface area contributed by atoms with E-state index in [1.54, 1.807) is 30.1 Å². The number of phenolic OH excluding ortho intramolecular Hbond substituents is 1. The number of fused-ring (bicyclic) bond motifs is 1. The van der Waals surface area contributed by atoms with E-state index in [1.807, 2.05) is 42.3 Å². The Kier molecular flexibility index (Phi) is 2.86. The van der Waals surface area contributed by atoms with Gasteiger partial charge in [-0.15, -0.1) is 0 Å². The molecule has 0 spiro atoms. The molecule has 0 saturated heterocycles. The van der Waals surface area contributed by atoms with E-state index < -0.39 is 0 Å². The lowest BCUT2D eigenvalue weighted by molar-refractivity contribution is 0.0711. The third-order valence-corrected chi connectivity index (χ3v) is 3.74. The van der Waals surface area contributed by atoms with E-state index in [0.717, 1.165) is 11.3 Å². The minimum Gasteiger partial charge on any atom is -0.508 e. The van der Waals surface area contributed by atoms with Gasteiger partial charge >= 0.3 is 0 Å². The van der Waals surface area contributed by atoms with Crippen molar-refractivity contribution in [3.05, 3.63) is 59.7 Å². The summed E-state index contributed by atoms with van der Waals surface area (Å²) in [5.41, 5.74) is 2.50. The van der Waals surface area contributed by atoms with Crippen molar-refractivity contribution in [3.8, 4) is 5.75 Å². The molecule has 0 bridgehead atoms. The molecule has 102 valence electrons. The molecule has 0 saturated carbocycles.